The van der Waals surface area contributed by atoms with Gasteiger partial charge in [0.1, 0.15) is 16.9 Å². The van der Waals surface area contributed by atoms with Crippen LogP contribution < -0.4 is 0 Å². The van der Waals surface area contributed by atoms with Gasteiger partial charge in [0.2, 0.25) is 5.82 Å². The highest BCUT2D eigenvalue weighted by Gasteiger charge is 2.24. The van der Waals surface area contributed by atoms with E-state index in [1.54, 1.807) is 28.4 Å². The zero-order valence-corrected chi connectivity index (χ0v) is 16.2. The second-order valence-electron chi connectivity index (χ2n) is 7.45. The summed E-state index contributed by atoms with van der Waals surface area (Å²) in [6.45, 7) is 2.91. The van der Waals surface area contributed by atoms with Gasteiger partial charge in [-0.2, -0.15) is 5.10 Å². The fourth-order valence-electron chi connectivity index (χ4n) is 3.98. The van der Waals surface area contributed by atoms with Gasteiger partial charge < -0.3 is 4.42 Å². The molecule has 0 bridgehead atoms. The van der Waals surface area contributed by atoms with E-state index in [4.69, 9.17) is 9.40 Å². The minimum Gasteiger partial charge on any atom is -0.456 e. The number of furan rings is 1. The first-order chi connectivity index (χ1) is 13.7. The molecule has 8 heteroatoms. The zero-order valence-electron chi connectivity index (χ0n) is 15.4. The molecule has 28 heavy (non-hydrogen) atoms. The number of hydrogen-bond acceptors (Lipinski definition) is 6. The standard InChI is InChI=1S/C20H18N6OS/c1-12-3-5-14-16(9-12)28-20-17(14)19-23-18(24-26(19)11-21-20)15-6-4-13(27-15)10-25-8-2-7-22-25/h2,4,6-8,11-12H,3,5,9-10H2,1H3/t12-/m0/s1. The first-order valence-electron chi connectivity index (χ1n) is 9.47. The highest BCUT2D eigenvalue weighted by atomic mass is 32.1. The van der Waals surface area contributed by atoms with E-state index in [1.165, 1.54) is 16.9 Å². The van der Waals surface area contributed by atoms with Gasteiger partial charge in [-0.05, 0) is 48.9 Å². The number of fused-ring (bicyclic) bond motifs is 5. The second kappa shape index (κ2) is 6.00. The highest BCUT2D eigenvalue weighted by Crippen LogP contribution is 2.38. The van der Waals surface area contributed by atoms with Gasteiger partial charge in [-0.15, -0.1) is 16.4 Å². The molecule has 0 unspecified atom stereocenters. The molecule has 0 radical (unpaired) electrons. The summed E-state index contributed by atoms with van der Waals surface area (Å²) < 4.78 is 9.58. The Morgan fingerprint density at radius 1 is 1.32 bits per heavy atom. The van der Waals surface area contributed by atoms with Gasteiger partial charge in [-0.1, -0.05) is 6.92 Å². The molecule has 1 aliphatic rings. The maximum Gasteiger partial charge on any atom is 0.217 e. The van der Waals surface area contributed by atoms with Crippen molar-refractivity contribution in [1.82, 2.24) is 29.4 Å². The molecule has 140 valence electrons. The molecule has 0 saturated heterocycles. The lowest BCUT2D eigenvalue weighted by atomic mass is 9.89. The Balaban J connectivity index is 1.43. The van der Waals surface area contributed by atoms with Crippen molar-refractivity contribution in [2.24, 2.45) is 5.92 Å². The quantitative estimate of drug-likeness (QED) is 0.466. The van der Waals surface area contributed by atoms with Crippen molar-refractivity contribution in [2.45, 2.75) is 32.7 Å². The Bertz CT molecular complexity index is 1300. The molecule has 5 aromatic heterocycles. The predicted octanol–water partition coefficient (Wildman–Crippen LogP) is 3.97. The SMILES string of the molecule is C[C@H]1CCc2c(sc3ncn4nc(-c5ccc(Cn6cccn6)o5)nc4c23)C1. The number of nitrogens with zero attached hydrogens (tertiary/aromatic N) is 6. The summed E-state index contributed by atoms with van der Waals surface area (Å²) in [5, 5.41) is 10.00. The molecule has 0 aliphatic heterocycles. The molecule has 5 aromatic rings. The Labute approximate surface area is 164 Å². The van der Waals surface area contributed by atoms with Crippen molar-refractivity contribution in [3.63, 3.8) is 0 Å². The van der Waals surface area contributed by atoms with Gasteiger partial charge >= 0.3 is 0 Å². The van der Waals surface area contributed by atoms with Crippen LogP contribution in [0.25, 0.3) is 27.4 Å². The van der Waals surface area contributed by atoms with E-state index in [9.17, 15) is 0 Å². The molecular weight excluding hydrogens is 372 g/mol. The highest BCUT2D eigenvalue weighted by molar-refractivity contribution is 7.19. The average molecular weight is 390 g/mol. The van der Waals surface area contributed by atoms with Gasteiger partial charge in [0, 0.05) is 17.3 Å². The smallest absolute Gasteiger partial charge is 0.217 e. The van der Waals surface area contributed by atoms with Gasteiger partial charge in [0.25, 0.3) is 0 Å². The summed E-state index contributed by atoms with van der Waals surface area (Å²) in [6.07, 6.45) is 8.87. The van der Waals surface area contributed by atoms with E-state index >= 15 is 0 Å². The van der Waals surface area contributed by atoms with Gasteiger partial charge in [0.15, 0.2) is 11.4 Å². The van der Waals surface area contributed by atoms with Crippen LogP contribution in [0.4, 0.5) is 0 Å². The molecule has 0 amide bonds. The molecular formula is C20H18N6OS. The van der Waals surface area contributed by atoms with E-state index in [0.29, 0.717) is 18.1 Å². The summed E-state index contributed by atoms with van der Waals surface area (Å²) in [4.78, 5) is 12.0. The van der Waals surface area contributed by atoms with Crippen molar-refractivity contribution in [1.29, 1.82) is 0 Å². The third kappa shape index (κ3) is 2.48. The van der Waals surface area contributed by atoms with Crippen LogP contribution in [-0.2, 0) is 19.4 Å². The van der Waals surface area contributed by atoms with Crippen LogP contribution in [0.5, 0.6) is 0 Å². The van der Waals surface area contributed by atoms with Crippen molar-refractivity contribution >= 4 is 27.2 Å². The van der Waals surface area contributed by atoms with Crippen molar-refractivity contribution in [3.8, 4) is 11.6 Å². The van der Waals surface area contributed by atoms with Crippen molar-refractivity contribution < 1.29 is 4.42 Å². The lowest BCUT2D eigenvalue weighted by Crippen LogP contribution is -2.08. The third-order valence-electron chi connectivity index (χ3n) is 5.39. The minimum absolute atomic E-state index is 0.586. The molecule has 1 atom stereocenters. The molecule has 5 heterocycles. The molecule has 6 rings (SSSR count). The molecule has 0 saturated carbocycles. The summed E-state index contributed by atoms with van der Waals surface area (Å²) in [5.74, 6) is 2.81. The average Bonchev–Trinajstić information content (AvgIpc) is 3.46. The Kier molecular flexibility index (Phi) is 3.43. The van der Waals surface area contributed by atoms with Gasteiger partial charge in [0.05, 0.1) is 11.9 Å². The largest absolute Gasteiger partial charge is 0.456 e. The monoisotopic (exact) mass is 390 g/mol. The maximum atomic E-state index is 5.98. The van der Waals surface area contributed by atoms with Crippen molar-refractivity contribution in [2.75, 3.05) is 0 Å². The van der Waals surface area contributed by atoms with E-state index in [0.717, 1.165) is 40.4 Å². The molecule has 0 spiro atoms. The van der Waals surface area contributed by atoms with Gasteiger partial charge in [-0.3, -0.25) is 4.68 Å². The van der Waals surface area contributed by atoms with Crippen LogP contribution in [0, 0.1) is 5.92 Å². The van der Waals surface area contributed by atoms with Crippen LogP contribution in [0.2, 0.25) is 0 Å². The number of hydrogen-bond donors (Lipinski definition) is 0. The molecule has 0 aromatic carbocycles. The molecule has 7 nitrogen and oxygen atoms in total. The van der Waals surface area contributed by atoms with Crippen LogP contribution >= 0.6 is 11.3 Å². The van der Waals surface area contributed by atoms with E-state index in [1.807, 2.05) is 29.1 Å². The minimum atomic E-state index is 0.586. The van der Waals surface area contributed by atoms with Crippen LogP contribution in [0.1, 0.15) is 29.5 Å². The molecule has 0 N–H and O–H groups in total. The Morgan fingerprint density at radius 2 is 2.29 bits per heavy atom. The summed E-state index contributed by atoms with van der Waals surface area (Å²) in [6, 6.07) is 5.77. The van der Waals surface area contributed by atoms with Crippen LogP contribution in [-0.4, -0.2) is 29.4 Å². The number of rotatable bonds is 3. The first-order valence-corrected chi connectivity index (χ1v) is 10.3. The number of thiophene rings is 1. The van der Waals surface area contributed by atoms with Crippen molar-refractivity contribution in [3.05, 3.63) is 53.1 Å². The van der Waals surface area contributed by atoms with Gasteiger partial charge in [-0.25, -0.2) is 14.5 Å². The molecule has 0 fully saturated rings. The fourth-order valence-corrected chi connectivity index (χ4v) is 5.33. The van der Waals surface area contributed by atoms with E-state index < -0.39 is 0 Å². The normalized spacial score (nSPS) is 16.8. The van der Waals surface area contributed by atoms with E-state index in [2.05, 4.69) is 22.1 Å². The predicted molar refractivity (Wildman–Crippen MR) is 106 cm³/mol. The topological polar surface area (TPSA) is 74.0 Å². The third-order valence-corrected chi connectivity index (χ3v) is 6.55. The molecule has 1 aliphatic carbocycles. The zero-order chi connectivity index (χ0) is 18.7. The summed E-state index contributed by atoms with van der Waals surface area (Å²) in [7, 11) is 0. The fraction of sp³-hybridized carbons (Fsp3) is 0.300. The Morgan fingerprint density at radius 3 is 3.18 bits per heavy atom. The Hall–Kier alpha value is -3.00. The van der Waals surface area contributed by atoms with Crippen LogP contribution in [0.15, 0.2) is 41.3 Å². The number of aryl methyl sites for hydroxylation is 1. The van der Waals surface area contributed by atoms with E-state index in [-0.39, 0.29) is 0 Å². The van der Waals surface area contributed by atoms with Crippen LogP contribution in [0.3, 0.4) is 0 Å². The maximum absolute atomic E-state index is 5.98. The lowest BCUT2D eigenvalue weighted by molar-refractivity contribution is 0.487. The summed E-state index contributed by atoms with van der Waals surface area (Å²) >= 11 is 1.80. The first kappa shape index (κ1) is 16.0. The second-order valence-corrected chi connectivity index (χ2v) is 8.53. The lowest BCUT2D eigenvalue weighted by Gasteiger charge is -2.17. The number of aromatic nitrogens is 6. The summed E-state index contributed by atoms with van der Waals surface area (Å²) in [5.41, 5.74) is 2.28.